The summed E-state index contributed by atoms with van der Waals surface area (Å²) in [4.78, 5) is 0.401. The highest BCUT2D eigenvalue weighted by atomic mass is 32.2. The van der Waals surface area contributed by atoms with Crippen LogP contribution >= 0.6 is 0 Å². The minimum atomic E-state index is -3.48. The molecular formula is C18H24N2O3S. The number of aryl methyl sites for hydroxylation is 2. The van der Waals surface area contributed by atoms with Gasteiger partial charge in [-0.2, -0.15) is 4.31 Å². The lowest BCUT2D eigenvalue weighted by atomic mass is 10.1. The van der Waals surface area contributed by atoms with E-state index in [1.54, 1.807) is 10.4 Å². The second kappa shape index (κ2) is 7.07. The highest BCUT2D eigenvalue weighted by molar-refractivity contribution is 7.89. The SMILES string of the molecule is CCc1ccc(-c2cc(C)no2)cc1S(=O)(=O)N1CCCCCC1. The predicted molar refractivity (Wildman–Crippen MR) is 93.3 cm³/mol. The number of hydrogen-bond acceptors (Lipinski definition) is 4. The van der Waals surface area contributed by atoms with Gasteiger partial charge in [0.1, 0.15) is 0 Å². The van der Waals surface area contributed by atoms with E-state index in [9.17, 15) is 8.42 Å². The molecule has 0 spiro atoms. The van der Waals surface area contributed by atoms with E-state index in [2.05, 4.69) is 5.16 Å². The Morgan fingerprint density at radius 2 is 1.83 bits per heavy atom. The molecule has 24 heavy (non-hydrogen) atoms. The Hall–Kier alpha value is -1.66. The molecule has 0 unspecified atom stereocenters. The fourth-order valence-electron chi connectivity index (χ4n) is 3.16. The van der Waals surface area contributed by atoms with Gasteiger partial charge in [0.15, 0.2) is 5.76 Å². The first-order valence-electron chi connectivity index (χ1n) is 8.59. The third-order valence-corrected chi connectivity index (χ3v) is 6.52. The number of nitrogens with zero attached hydrogens (tertiary/aromatic N) is 2. The Labute approximate surface area is 143 Å². The first kappa shape index (κ1) is 17.2. The summed E-state index contributed by atoms with van der Waals surface area (Å²) in [6.07, 6.45) is 4.75. The molecule has 1 aromatic carbocycles. The monoisotopic (exact) mass is 348 g/mol. The molecule has 0 saturated carbocycles. The Morgan fingerprint density at radius 1 is 1.12 bits per heavy atom. The molecule has 2 aromatic rings. The predicted octanol–water partition coefficient (Wildman–Crippen LogP) is 3.78. The average molecular weight is 348 g/mol. The Balaban J connectivity index is 2.04. The zero-order valence-electron chi connectivity index (χ0n) is 14.3. The molecular weight excluding hydrogens is 324 g/mol. The van der Waals surface area contributed by atoms with Crippen molar-refractivity contribution in [3.05, 3.63) is 35.5 Å². The van der Waals surface area contributed by atoms with Crippen molar-refractivity contribution < 1.29 is 12.9 Å². The number of benzene rings is 1. The molecule has 1 aliphatic heterocycles. The van der Waals surface area contributed by atoms with Gasteiger partial charge in [-0.3, -0.25) is 0 Å². The Kier molecular flexibility index (Phi) is 5.06. The molecule has 0 amide bonds. The number of aromatic nitrogens is 1. The van der Waals surface area contributed by atoms with E-state index in [1.807, 2.05) is 32.0 Å². The fraction of sp³-hybridized carbons (Fsp3) is 0.500. The van der Waals surface area contributed by atoms with E-state index in [0.717, 1.165) is 42.5 Å². The van der Waals surface area contributed by atoms with Crippen LogP contribution in [-0.4, -0.2) is 31.0 Å². The van der Waals surface area contributed by atoms with Crippen LogP contribution in [0.4, 0.5) is 0 Å². The van der Waals surface area contributed by atoms with Crippen molar-refractivity contribution in [1.82, 2.24) is 9.46 Å². The largest absolute Gasteiger partial charge is 0.356 e. The summed E-state index contributed by atoms with van der Waals surface area (Å²) in [6, 6.07) is 7.35. The van der Waals surface area contributed by atoms with Crippen LogP contribution in [0.15, 0.2) is 33.7 Å². The zero-order chi connectivity index (χ0) is 17.2. The van der Waals surface area contributed by atoms with Crippen LogP contribution in [0.3, 0.4) is 0 Å². The van der Waals surface area contributed by atoms with Gasteiger partial charge < -0.3 is 4.52 Å². The van der Waals surface area contributed by atoms with Gasteiger partial charge >= 0.3 is 0 Å². The van der Waals surface area contributed by atoms with Crippen molar-refractivity contribution in [2.24, 2.45) is 0 Å². The summed E-state index contributed by atoms with van der Waals surface area (Å²) in [5.74, 6) is 0.600. The quantitative estimate of drug-likeness (QED) is 0.843. The molecule has 1 aromatic heterocycles. The fourth-order valence-corrected chi connectivity index (χ4v) is 5.00. The van der Waals surface area contributed by atoms with Crippen LogP contribution in [0.2, 0.25) is 0 Å². The van der Waals surface area contributed by atoms with Crippen LogP contribution in [0.1, 0.15) is 43.9 Å². The topological polar surface area (TPSA) is 63.4 Å². The zero-order valence-corrected chi connectivity index (χ0v) is 15.1. The second-order valence-electron chi connectivity index (χ2n) is 6.33. The molecule has 0 atom stereocenters. The minimum absolute atomic E-state index is 0.401. The summed E-state index contributed by atoms with van der Waals surface area (Å²) in [6.45, 7) is 5.05. The van der Waals surface area contributed by atoms with Crippen LogP contribution in [-0.2, 0) is 16.4 Å². The maximum Gasteiger partial charge on any atom is 0.243 e. The first-order valence-corrected chi connectivity index (χ1v) is 10.0. The van der Waals surface area contributed by atoms with E-state index in [0.29, 0.717) is 30.2 Å². The normalized spacial score (nSPS) is 16.9. The third-order valence-electron chi connectivity index (χ3n) is 4.54. The summed E-state index contributed by atoms with van der Waals surface area (Å²) >= 11 is 0. The summed E-state index contributed by atoms with van der Waals surface area (Å²) in [5.41, 5.74) is 2.38. The van der Waals surface area contributed by atoms with E-state index >= 15 is 0 Å². The van der Waals surface area contributed by atoms with Crippen molar-refractivity contribution in [2.75, 3.05) is 13.1 Å². The Bertz CT molecular complexity index is 803. The van der Waals surface area contributed by atoms with Crippen LogP contribution < -0.4 is 0 Å². The molecule has 130 valence electrons. The summed E-state index contributed by atoms with van der Waals surface area (Å²) < 4.78 is 33.3. The summed E-state index contributed by atoms with van der Waals surface area (Å²) in [5, 5.41) is 3.89. The standard InChI is InChI=1S/C18H24N2O3S/c1-3-15-8-9-16(17-12-14(2)19-23-17)13-18(15)24(21,22)20-10-6-4-5-7-11-20/h8-9,12-13H,3-7,10-11H2,1-2H3. The highest BCUT2D eigenvalue weighted by Gasteiger charge is 2.27. The molecule has 5 nitrogen and oxygen atoms in total. The van der Waals surface area contributed by atoms with Crippen molar-refractivity contribution in [2.45, 2.75) is 50.8 Å². The molecule has 0 aliphatic carbocycles. The molecule has 1 aliphatic rings. The van der Waals surface area contributed by atoms with Crippen molar-refractivity contribution in [3.63, 3.8) is 0 Å². The van der Waals surface area contributed by atoms with Gasteiger partial charge in [0.25, 0.3) is 0 Å². The summed E-state index contributed by atoms with van der Waals surface area (Å²) in [7, 11) is -3.48. The van der Waals surface area contributed by atoms with Crippen LogP contribution in [0, 0.1) is 6.92 Å². The molecule has 0 bridgehead atoms. The van der Waals surface area contributed by atoms with E-state index < -0.39 is 10.0 Å². The molecule has 2 heterocycles. The molecule has 1 fully saturated rings. The van der Waals surface area contributed by atoms with E-state index in [4.69, 9.17) is 4.52 Å². The molecule has 0 radical (unpaired) electrons. The van der Waals surface area contributed by atoms with Crippen molar-refractivity contribution in [3.8, 4) is 11.3 Å². The molecule has 6 heteroatoms. The van der Waals surface area contributed by atoms with Crippen LogP contribution in [0.25, 0.3) is 11.3 Å². The first-order chi connectivity index (χ1) is 11.5. The molecule has 1 saturated heterocycles. The molecule has 3 rings (SSSR count). The van der Waals surface area contributed by atoms with Crippen molar-refractivity contribution >= 4 is 10.0 Å². The second-order valence-corrected chi connectivity index (χ2v) is 8.23. The van der Waals surface area contributed by atoms with Gasteiger partial charge in [-0.25, -0.2) is 8.42 Å². The maximum atomic E-state index is 13.2. The van der Waals surface area contributed by atoms with Gasteiger partial charge in [-0.05, 0) is 37.8 Å². The number of hydrogen-bond donors (Lipinski definition) is 0. The highest BCUT2D eigenvalue weighted by Crippen LogP contribution is 2.29. The maximum absolute atomic E-state index is 13.2. The van der Waals surface area contributed by atoms with Crippen LogP contribution in [0.5, 0.6) is 0 Å². The lowest BCUT2D eigenvalue weighted by Gasteiger charge is -2.22. The Morgan fingerprint density at radius 3 is 2.42 bits per heavy atom. The smallest absolute Gasteiger partial charge is 0.243 e. The van der Waals surface area contributed by atoms with Gasteiger partial charge in [0.2, 0.25) is 10.0 Å². The van der Waals surface area contributed by atoms with Crippen molar-refractivity contribution in [1.29, 1.82) is 0 Å². The van der Waals surface area contributed by atoms with Gasteiger partial charge in [0, 0.05) is 24.7 Å². The lowest BCUT2D eigenvalue weighted by Crippen LogP contribution is -2.32. The molecule has 0 N–H and O–H groups in total. The average Bonchev–Trinajstić information content (AvgIpc) is 2.84. The van der Waals surface area contributed by atoms with E-state index in [1.165, 1.54) is 0 Å². The third kappa shape index (κ3) is 3.39. The van der Waals surface area contributed by atoms with E-state index in [-0.39, 0.29) is 0 Å². The number of rotatable bonds is 4. The number of sulfonamides is 1. The minimum Gasteiger partial charge on any atom is -0.356 e. The van der Waals surface area contributed by atoms with Gasteiger partial charge in [-0.15, -0.1) is 0 Å². The lowest BCUT2D eigenvalue weighted by molar-refractivity contribution is 0.422. The van der Waals surface area contributed by atoms with Gasteiger partial charge in [-0.1, -0.05) is 37.1 Å². The van der Waals surface area contributed by atoms with Gasteiger partial charge in [0.05, 0.1) is 10.6 Å².